The molecule has 4 nitrogen and oxygen atoms in total. The van der Waals surface area contributed by atoms with Crippen LogP contribution in [-0.2, 0) is 11.2 Å². The Labute approximate surface area is 112 Å². The maximum absolute atomic E-state index is 11.6. The maximum atomic E-state index is 11.6. The highest BCUT2D eigenvalue weighted by Gasteiger charge is 2.08. The summed E-state index contributed by atoms with van der Waals surface area (Å²) in [6.45, 7) is 4.03. The number of aromatic amines is 1. The Bertz CT molecular complexity index is 573. The lowest BCUT2D eigenvalue weighted by Gasteiger charge is -2.06. The number of carbonyl (C=O) groups excluding carboxylic acids is 1. The van der Waals surface area contributed by atoms with E-state index in [0.717, 1.165) is 11.1 Å². The van der Waals surface area contributed by atoms with E-state index in [1.165, 1.54) is 10.9 Å². The lowest BCUT2D eigenvalue weighted by atomic mass is 10.1. The summed E-state index contributed by atoms with van der Waals surface area (Å²) >= 11 is 0. The van der Waals surface area contributed by atoms with Gasteiger partial charge in [-0.25, -0.2) is 0 Å². The number of aromatic nitrogens is 1. The van der Waals surface area contributed by atoms with Crippen LogP contribution >= 0.6 is 0 Å². The van der Waals surface area contributed by atoms with Crippen molar-refractivity contribution in [2.45, 2.75) is 32.8 Å². The van der Waals surface area contributed by atoms with Gasteiger partial charge in [0.15, 0.2) is 0 Å². The molecule has 1 atom stereocenters. The van der Waals surface area contributed by atoms with Crippen molar-refractivity contribution in [2.24, 2.45) is 0 Å². The van der Waals surface area contributed by atoms with Gasteiger partial charge in [-0.3, -0.25) is 4.79 Å². The second kappa shape index (κ2) is 5.89. The Balaban J connectivity index is 1.99. The van der Waals surface area contributed by atoms with Gasteiger partial charge in [-0.1, -0.05) is 18.2 Å². The number of para-hydroxylation sites is 1. The minimum absolute atomic E-state index is 0.0251. The summed E-state index contributed by atoms with van der Waals surface area (Å²) < 4.78 is 0. The number of hydrogen-bond acceptors (Lipinski definition) is 2. The molecule has 0 fully saturated rings. The molecular weight excluding hydrogens is 240 g/mol. The molecule has 4 heteroatoms. The Hall–Kier alpha value is -1.81. The number of aryl methyl sites for hydroxylation is 2. The molecule has 2 aromatic rings. The van der Waals surface area contributed by atoms with Gasteiger partial charge in [-0.15, -0.1) is 0 Å². The molecule has 0 saturated heterocycles. The average molecular weight is 260 g/mol. The van der Waals surface area contributed by atoms with E-state index in [9.17, 15) is 4.79 Å². The molecule has 0 aliphatic rings. The number of fused-ring (bicyclic) bond motifs is 1. The number of aliphatic hydroxyl groups is 1. The van der Waals surface area contributed by atoms with Crippen LogP contribution < -0.4 is 5.32 Å². The first-order chi connectivity index (χ1) is 9.08. The summed E-state index contributed by atoms with van der Waals surface area (Å²) in [7, 11) is 0. The van der Waals surface area contributed by atoms with Crippen LogP contribution in [0.5, 0.6) is 0 Å². The fourth-order valence-electron chi connectivity index (χ4n) is 2.17. The topological polar surface area (TPSA) is 65.1 Å². The molecule has 19 heavy (non-hydrogen) atoms. The first-order valence-electron chi connectivity index (χ1n) is 6.58. The van der Waals surface area contributed by atoms with Gasteiger partial charge in [0.2, 0.25) is 5.91 Å². The van der Waals surface area contributed by atoms with Crippen LogP contribution in [0.2, 0.25) is 0 Å². The average Bonchev–Trinajstić information content (AvgIpc) is 2.78. The minimum Gasteiger partial charge on any atom is -0.392 e. The Kier molecular flexibility index (Phi) is 4.22. The molecule has 0 spiro atoms. The predicted octanol–water partition coefficient (Wildman–Crippen LogP) is 1.91. The summed E-state index contributed by atoms with van der Waals surface area (Å²) in [6.07, 6.45) is 2.61. The van der Waals surface area contributed by atoms with E-state index in [-0.39, 0.29) is 5.91 Å². The first-order valence-corrected chi connectivity index (χ1v) is 6.58. The molecular formula is C15H20N2O2. The second-order valence-electron chi connectivity index (χ2n) is 4.96. The first kappa shape index (κ1) is 13.6. The zero-order valence-electron chi connectivity index (χ0n) is 11.4. The van der Waals surface area contributed by atoms with Gasteiger partial charge in [0.1, 0.15) is 0 Å². The van der Waals surface area contributed by atoms with Crippen molar-refractivity contribution >= 4 is 16.8 Å². The Morgan fingerprint density at radius 1 is 1.47 bits per heavy atom. The van der Waals surface area contributed by atoms with Crippen LogP contribution in [0.25, 0.3) is 10.9 Å². The van der Waals surface area contributed by atoms with Gasteiger partial charge in [0.05, 0.1) is 6.10 Å². The van der Waals surface area contributed by atoms with Crippen molar-refractivity contribution in [1.29, 1.82) is 0 Å². The molecule has 0 saturated carbocycles. The smallest absolute Gasteiger partial charge is 0.220 e. The van der Waals surface area contributed by atoms with Crippen molar-refractivity contribution in [1.82, 2.24) is 10.3 Å². The number of hydrogen-bond donors (Lipinski definition) is 3. The monoisotopic (exact) mass is 260 g/mol. The largest absolute Gasteiger partial charge is 0.392 e. The number of aliphatic hydroxyl groups excluding tert-OH is 1. The predicted molar refractivity (Wildman–Crippen MR) is 76.0 cm³/mol. The van der Waals surface area contributed by atoms with Crippen LogP contribution in [0.4, 0.5) is 0 Å². The Morgan fingerprint density at radius 2 is 2.26 bits per heavy atom. The lowest BCUT2D eigenvalue weighted by molar-refractivity contribution is -0.121. The van der Waals surface area contributed by atoms with Crippen LogP contribution in [0.1, 0.15) is 24.5 Å². The second-order valence-corrected chi connectivity index (χ2v) is 4.96. The van der Waals surface area contributed by atoms with E-state index in [1.54, 1.807) is 6.92 Å². The number of benzene rings is 1. The zero-order chi connectivity index (χ0) is 13.8. The standard InChI is InChI=1S/C15H20N2O2/c1-10-4-3-5-13-12(9-17-15(10)13)6-7-14(19)16-8-11(2)18/h3-5,9,11,17-18H,6-8H2,1-2H3,(H,16,19). The molecule has 0 radical (unpaired) electrons. The fourth-order valence-corrected chi connectivity index (χ4v) is 2.17. The third-order valence-corrected chi connectivity index (χ3v) is 3.23. The van der Waals surface area contributed by atoms with E-state index in [1.807, 2.05) is 12.3 Å². The number of H-pyrrole nitrogens is 1. The van der Waals surface area contributed by atoms with Crippen molar-refractivity contribution in [3.63, 3.8) is 0 Å². The fraction of sp³-hybridized carbons (Fsp3) is 0.400. The quantitative estimate of drug-likeness (QED) is 0.769. The van der Waals surface area contributed by atoms with E-state index >= 15 is 0 Å². The molecule has 2 rings (SSSR count). The van der Waals surface area contributed by atoms with Crippen LogP contribution in [0, 0.1) is 6.92 Å². The minimum atomic E-state index is -0.500. The normalized spacial score (nSPS) is 12.6. The third kappa shape index (κ3) is 3.35. The molecule has 1 aromatic heterocycles. The molecule has 0 aliphatic heterocycles. The lowest BCUT2D eigenvalue weighted by Crippen LogP contribution is -2.30. The molecule has 1 aromatic carbocycles. The number of nitrogens with one attached hydrogen (secondary N) is 2. The van der Waals surface area contributed by atoms with E-state index in [2.05, 4.69) is 29.4 Å². The molecule has 0 aliphatic carbocycles. The summed E-state index contributed by atoms with van der Waals surface area (Å²) in [5, 5.41) is 13.0. The summed E-state index contributed by atoms with van der Waals surface area (Å²) in [5.74, 6) is -0.0251. The van der Waals surface area contributed by atoms with Gasteiger partial charge in [0, 0.05) is 30.1 Å². The molecule has 1 heterocycles. The number of rotatable bonds is 5. The van der Waals surface area contributed by atoms with Gasteiger partial charge in [0.25, 0.3) is 0 Å². The van der Waals surface area contributed by atoms with Gasteiger partial charge >= 0.3 is 0 Å². The molecule has 102 valence electrons. The van der Waals surface area contributed by atoms with Gasteiger partial charge < -0.3 is 15.4 Å². The van der Waals surface area contributed by atoms with Crippen molar-refractivity contribution in [3.05, 3.63) is 35.5 Å². The SMILES string of the molecule is Cc1cccc2c(CCC(=O)NCC(C)O)c[nH]c12. The Morgan fingerprint density at radius 3 is 3.00 bits per heavy atom. The van der Waals surface area contributed by atoms with Crippen molar-refractivity contribution in [2.75, 3.05) is 6.54 Å². The third-order valence-electron chi connectivity index (χ3n) is 3.23. The van der Waals surface area contributed by atoms with Crippen molar-refractivity contribution < 1.29 is 9.90 Å². The van der Waals surface area contributed by atoms with E-state index in [0.29, 0.717) is 19.4 Å². The summed E-state index contributed by atoms with van der Waals surface area (Å²) in [5.41, 5.74) is 3.51. The number of amides is 1. The number of carbonyl (C=O) groups is 1. The van der Waals surface area contributed by atoms with E-state index < -0.39 is 6.10 Å². The highest BCUT2D eigenvalue weighted by atomic mass is 16.3. The van der Waals surface area contributed by atoms with E-state index in [4.69, 9.17) is 5.11 Å². The molecule has 1 amide bonds. The van der Waals surface area contributed by atoms with Crippen LogP contribution in [0.3, 0.4) is 0 Å². The van der Waals surface area contributed by atoms with Gasteiger partial charge in [-0.05, 0) is 31.4 Å². The molecule has 0 bridgehead atoms. The highest BCUT2D eigenvalue weighted by Crippen LogP contribution is 2.22. The van der Waals surface area contributed by atoms with Crippen molar-refractivity contribution in [3.8, 4) is 0 Å². The molecule has 3 N–H and O–H groups in total. The molecule has 1 unspecified atom stereocenters. The summed E-state index contributed by atoms with van der Waals surface area (Å²) in [6, 6.07) is 6.17. The van der Waals surface area contributed by atoms with Gasteiger partial charge in [-0.2, -0.15) is 0 Å². The van der Waals surface area contributed by atoms with Crippen LogP contribution in [-0.4, -0.2) is 28.6 Å². The zero-order valence-corrected chi connectivity index (χ0v) is 11.4. The summed E-state index contributed by atoms with van der Waals surface area (Å²) in [4.78, 5) is 14.9. The highest BCUT2D eigenvalue weighted by molar-refractivity contribution is 5.86. The maximum Gasteiger partial charge on any atom is 0.220 e. The van der Waals surface area contributed by atoms with Crippen LogP contribution in [0.15, 0.2) is 24.4 Å².